The first-order valence-electron chi connectivity index (χ1n) is 25.5. The summed E-state index contributed by atoms with van der Waals surface area (Å²) in [6, 6.07) is 19.9. The van der Waals surface area contributed by atoms with Gasteiger partial charge in [-0.1, -0.05) is 64.1 Å². The Morgan fingerprint density at radius 3 is 2.37 bits per heavy atom. The van der Waals surface area contributed by atoms with Crippen molar-refractivity contribution in [3.63, 3.8) is 0 Å². The van der Waals surface area contributed by atoms with Gasteiger partial charge in [-0.3, -0.25) is 24.1 Å². The molecule has 3 aromatic carbocycles. The van der Waals surface area contributed by atoms with Gasteiger partial charge in [0.2, 0.25) is 23.7 Å². The number of fused-ring (bicyclic) bond motifs is 1. The van der Waals surface area contributed by atoms with Crippen molar-refractivity contribution >= 4 is 68.9 Å². The molecule has 1 unspecified atom stereocenters. The third kappa shape index (κ3) is 13.1. The first-order valence-corrected chi connectivity index (χ1v) is 26.4. The quantitative estimate of drug-likeness (QED) is 0.0374. The second-order valence-electron chi connectivity index (χ2n) is 20.4. The lowest BCUT2D eigenvalue weighted by molar-refractivity contribution is -0.137. The zero-order chi connectivity index (χ0) is 53.4. The SMILES string of the molecule is C=CC(=O)Nc1cccc(-n2c(=O)nc(C)c3cnc(Nc4ccc(N5CCN(CCCCCC(=O)N[C@H](C(=O)C6C[C@H](O)C[C@H]6C(=O)NCc6ccc(-c7scnc7C)cc6)C(C)(C)C)CC5)cc4OC)nc32)c1. The summed E-state index contributed by atoms with van der Waals surface area (Å²) < 4.78 is 7.21. The largest absolute Gasteiger partial charge is 0.494 e. The van der Waals surface area contributed by atoms with E-state index in [4.69, 9.17) is 9.72 Å². The van der Waals surface area contributed by atoms with Gasteiger partial charge in [0, 0.05) is 68.7 Å². The number of aliphatic hydroxyl groups excluding tert-OH is 1. The van der Waals surface area contributed by atoms with Crippen LogP contribution in [0.25, 0.3) is 27.2 Å². The minimum Gasteiger partial charge on any atom is -0.494 e. The van der Waals surface area contributed by atoms with Gasteiger partial charge in [-0.25, -0.2) is 19.3 Å². The zero-order valence-corrected chi connectivity index (χ0v) is 44.3. The molecular weight excluding hydrogens is 971 g/mol. The number of aliphatic hydroxyl groups is 1. The van der Waals surface area contributed by atoms with E-state index in [1.165, 1.54) is 10.6 Å². The van der Waals surface area contributed by atoms with Crippen molar-refractivity contribution in [2.24, 2.45) is 17.3 Å². The molecular formula is C56H67N11O7S. The summed E-state index contributed by atoms with van der Waals surface area (Å²) in [4.78, 5) is 90.1. The van der Waals surface area contributed by atoms with Crippen molar-refractivity contribution in [3.8, 4) is 21.9 Å². The molecule has 5 N–H and O–H groups in total. The molecule has 1 saturated heterocycles. The Hall–Kier alpha value is -7.35. The van der Waals surface area contributed by atoms with Gasteiger partial charge >= 0.3 is 5.69 Å². The number of carbonyl (C=O) groups excluding carboxylic acids is 4. The number of piperazine rings is 1. The second-order valence-corrected chi connectivity index (χ2v) is 21.3. The van der Waals surface area contributed by atoms with E-state index in [-0.39, 0.29) is 48.7 Å². The number of Topliss-reactive ketones (excluding diaryl/α,β-unsaturated/α-hetero) is 1. The second kappa shape index (κ2) is 23.9. The fraction of sp³-hybridized carbons (Fsp3) is 0.411. The van der Waals surface area contributed by atoms with Crippen molar-refractivity contribution in [3.05, 3.63) is 119 Å². The van der Waals surface area contributed by atoms with E-state index in [0.29, 0.717) is 52.5 Å². The number of carbonyl (C=O) groups is 4. The van der Waals surface area contributed by atoms with Crippen LogP contribution in [0.2, 0.25) is 0 Å². The highest BCUT2D eigenvalue weighted by molar-refractivity contribution is 7.13. The van der Waals surface area contributed by atoms with Crippen LogP contribution >= 0.6 is 11.3 Å². The lowest BCUT2D eigenvalue weighted by Crippen LogP contribution is -2.52. The monoisotopic (exact) mass is 1040 g/mol. The number of thiazole rings is 1. The summed E-state index contributed by atoms with van der Waals surface area (Å²) in [5.41, 5.74) is 7.07. The fourth-order valence-corrected chi connectivity index (χ4v) is 10.7. The number of ketones is 1. The van der Waals surface area contributed by atoms with Gasteiger partial charge in [-0.05, 0) is 99.0 Å². The van der Waals surface area contributed by atoms with Crippen LogP contribution in [-0.2, 0) is 25.7 Å². The molecule has 18 nitrogen and oxygen atoms in total. The van der Waals surface area contributed by atoms with Gasteiger partial charge in [0.25, 0.3) is 0 Å². The number of anilines is 4. The molecule has 0 spiro atoms. The summed E-state index contributed by atoms with van der Waals surface area (Å²) in [6.45, 7) is 17.5. The minimum absolute atomic E-state index is 0.183. The molecule has 75 heavy (non-hydrogen) atoms. The predicted molar refractivity (Wildman–Crippen MR) is 293 cm³/mol. The van der Waals surface area contributed by atoms with Gasteiger partial charge < -0.3 is 36.0 Å². The van der Waals surface area contributed by atoms with E-state index in [9.17, 15) is 29.1 Å². The van der Waals surface area contributed by atoms with E-state index in [1.54, 1.807) is 55.8 Å². The third-order valence-corrected chi connectivity index (χ3v) is 15.0. The lowest BCUT2D eigenvalue weighted by atomic mass is 9.77. The number of nitrogens with zero attached hydrogens (tertiary/aromatic N) is 7. The number of amides is 3. The average molecular weight is 1040 g/mol. The molecule has 0 bridgehead atoms. The molecule has 6 aromatic rings. The first-order chi connectivity index (χ1) is 36.0. The molecule has 3 aromatic heterocycles. The molecule has 19 heteroatoms. The van der Waals surface area contributed by atoms with E-state index in [1.807, 2.05) is 75.7 Å². The molecule has 8 rings (SSSR count). The molecule has 2 aliphatic rings. The number of unbranched alkanes of at least 4 members (excludes halogenated alkanes) is 2. The first kappa shape index (κ1) is 53.9. The van der Waals surface area contributed by atoms with Crippen molar-refractivity contribution < 1.29 is 29.0 Å². The standard InChI is InChI=1S/C56H67N11O7S/c1-8-47(69)61-38-13-12-14-40(27-38)67-52-44(34(2)60-55(67)73)32-58-54(64-52)62-45-21-20-39(28-46(45)74-7)66-25-23-65(24-26-66)22-11-9-10-15-48(70)63-51(56(4,5)6)49(71)42-29-41(68)30-43(42)53(72)57-31-36-16-18-37(19-17-36)50-35(3)59-33-75-50/h8,12-14,16-21,27-28,32-33,41-43,51,68H,1,9-11,15,22-26,29-31H2,2-7H3,(H,57,72)(H,61,69)(H,63,70)(H,58,62,64)/t41-,42?,43+,51+/m0/s1. The van der Waals surface area contributed by atoms with E-state index < -0.39 is 35.1 Å². The summed E-state index contributed by atoms with van der Waals surface area (Å²) in [6.07, 6.45) is 5.15. The fourth-order valence-electron chi connectivity index (χ4n) is 9.93. The Balaban J connectivity index is 0.791. The van der Waals surface area contributed by atoms with Gasteiger partial charge in [0.15, 0.2) is 11.4 Å². The number of nitrogens with one attached hydrogen (secondary N) is 4. The normalized spacial score (nSPS) is 17.3. The highest BCUT2D eigenvalue weighted by Crippen LogP contribution is 2.37. The Morgan fingerprint density at radius 1 is 0.907 bits per heavy atom. The molecule has 4 atom stereocenters. The van der Waals surface area contributed by atoms with Crippen LogP contribution in [-0.4, -0.2) is 110 Å². The Labute approximate surface area is 441 Å². The maximum Gasteiger partial charge on any atom is 0.354 e. The van der Waals surface area contributed by atoms with Crippen LogP contribution < -0.4 is 36.6 Å². The number of methoxy groups -OCH3 is 1. The average Bonchev–Trinajstić information content (AvgIpc) is 4.02. The summed E-state index contributed by atoms with van der Waals surface area (Å²) in [5.74, 6) is -1.61. The number of rotatable bonds is 20. The lowest BCUT2D eigenvalue weighted by Gasteiger charge is -2.36. The smallest absolute Gasteiger partial charge is 0.354 e. The van der Waals surface area contributed by atoms with Gasteiger partial charge in [-0.15, -0.1) is 11.3 Å². The number of benzene rings is 3. The van der Waals surface area contributed by atoms with Crippen LogP contribution in [0.5, 0.6) is 5.75 Å². The molecule has 1 saturated carbocycles. The number of ether oxygens (including phenoxy) is 1. The Kier molecular flexibility index (Phi) is 17.2. The minimum atomic E-state index is -0.804. The van der Waals surface area contributed by atoms with E-state index in [0.717, 1.165) is 73.0 Å². The molecule has 4 heterocycles. The summed E-state index contributed by atoms with van der Waals surface area (Å²) >= 11 is 1.58. The van der Waals surface area contributed by atoms with Crippen LogP contribution in [0.4, 0.5) is 23.0 Å². The van der Waals surface area contributed by atoms with Crippen LogP contribution in [0.1, 0.15) is 76.2 Å². The van der Waals surface area contributed by atoms with E-state index >= 15 is 0 Å². The summed E-state index contributed by atoms with van der Waals surface area (Å²) in [5, 5.41) is 23.3. The molecule has 1 aliphatic heterocycles. The van der Waals surface area contributed by atoms with Crippen molar-refractivity contribution in [1.82, 2.24) is 40.0 Å². The zero-order valence-electron chi connectivity index (χ0n) is 43.5. The molecule has 2 fully saturated rings. The number of aromatic nitrogens is 5. The Morgan fingerprint density at radius 2 is 1.67 bits per heavy atom. The third-order valence-electron chi connectivity index (χ3n) is 14.1. The Bertz CT molecular complexity index is 3110. The highest BCUT2D eigenvalue weighted by Gasteiger charge is 2.46. The molecule has 3 amide bonds. The van der Waals surface area contributed by atoms with Gasteiger partial charge in [0.05, 0.1) is 63.7 Å². The molecule has 1 aliphatic carbocycles. The van der Waals surface area contributed by atoms with Crippen LogP contribution in [0, 0.1) is 31.1 Å². The highest BCUT2D eigenvalue weighted by atomic mass is 32.1. The van der Waals surface area contributed by atoms with E-state index in [2.05, 4.69) is 52.6 Å². The van der Waals surface area contributed by atoms with Crippen molar-refractivity contribution in [2.45, 2.75) is 91.8 Å². The van der Waals surface area contributed by atoms with Crippen molar-refractivity contribution in [2.75, 3.05) is 55.4 Å². The number of aryl methyl sites for hydroxylation is 2. The van der Waals surface area contributed by atoms with Crippen LogP contribution in [0.3, 0.4) is 0 Å². The predicted octanol–water partition coefficient (Wildman–Crippen LogP) is 7.28. The van der Waals surface area contributed by atoms with Gasteiger partial charge in [0.1, 0.15) is 5.75 Å². The molecule has 394 valence electrons. The van der Waals surface area contributed by atoms with Crippen molar-refractivity contribution in [1.29, 1.82) is 0 Å². The topological polar surface area (TPSA) is 226 Å². The summed E-state index contributed by atoms with van der Waals surface area (Å²) in [7, 11) is 1.61. The van der Waals surface area contributed by atoms with Crippen LogP contribution in [0.15, 0.2) is 95.9 Å². The number of hydrogen-bond donors (Lipinski definition) is 5. The van der Waals surface area contributed by atoms with Gasteiger partial charge in [-0.2, -0.15) is 9.97 Å². The number of hydrogen-bond acceptors (Lipinski definition) is 15. The maximum atomic E-state index is 14.2. The molecule has 0 radical (unpaired) electrons. The maximum absolute atomic E-state index is 14.2.